The third-order valence-corrected chi connectivity index (χ3v) is 2.18. The van der Waals surface area contributed by atoms with Gasteiger partial charge in [-0.25, -0.2) is 4.39 Å². The van der Waals surface area contributed by atoms with Crippen molar-refractivity contribution in [3.63, 3.8) is 0 Å². The molecule has 0 aromatic heterocycles. The SMILES string of the molecule is CC(F)=Cc1cccc2ccccc12. The van der Waals surface area contributed by atoms with Gasteiger partial charge in [0.2, 0.25) is 0 Å². The van der Waals surface area contributed by atoms with Crippen molar-refractivity contribution in [3.05, 3.63) is 53.9 Å². The number of hydrogen-bond acceptors (Lipinski definition) is 0. The van der Waals surface area contributed by atoms with Crippen molar-refractivity contribution in [2.75, 3.05) is 0 Å². The molecule has 2 rings (SSSR count). The van der Waals surface area contributed by atoms with Crippen molar-refractivity contribution in [1.82, 2.24) is 0 Å². The zero-order chi connectivity index (χ0) is 9.97. The normalized spacial score (nSPS) is 12.0. The Morgan fingerprint density at radius 3 is 2.57 bits per heavy atom. The number of benzene rings is 2. The molecule has 70 valence electrons. The molecular formula is C13H11F. The first-order valence-corrected chi connectivity index (χ1v) is 4.59. The van der Waals surface area contributed by atoms with Gasteiger partial charge in [-0.05, 0) is 29.3 Å². The van der Waals surface area contributed by atoms with Crippen LogP contribution in [0.3, 0.4) is 0 Å². The summed E-state index contributed by atoms with van der Waals surface area (Å²) < 4.78 is 12.8. The van der Waals surface area contributed by atoms with Crippen LogP contribution in [0.5, 0.6) is 0 Å². The largest absolute Gasteiger partial charge is 0.212 e. The van der Waals surface area contributed by atoms with E-state index in [9.17, 15) is 4.39 Å². The average Bonchev–Trinajstić information content (AvgIpc) is 2.18. The van der Waals surface area contributed by atoms with Crippen molar-refractivity contribution in [2.24, 2.45) is 0 Å². The van der Waals surface area contributed by atoms with E-state index in [-0.39, 0.29) is 5.83 Å². The second kappa shape index (κ2) is 3.62. The minimum absolute atomic E-state index is 0.165. The predicted octanol–water partition coefficient (Wildman–Crippen LogP) is 4.17. The van der Waals surface area contributed by atoms with Crippen LogP contribution in [0, 0.1) is 0 Å². The Bertz CT molecular complexity index is 474. The van der Waals surface area contributed by atoms with E-state index in [2.05, 4.69) is 0 Å². The molecule has 0 saturated carbocycles. The second-order valence-electron chi connectivity index (χ2n) is 3.30. The van der Waals surface area contributed by atoms with Gasteiger partial charge in [0.25, 0.3) is 0 Å². The number of hydrogen-bond donors (Lipinski definition) is 0. The van der Waals surface area contributed by atoms with E-state index in [1.54, 1.807) is 6.08 Å². The lowest BCUT2D eigenvalue weighted by molar-refractivity contribution is 0.648. The van der Waals surface area contributed by atoms with Crippen molar-refractivity contribution in [2.45, 2.75) is 6.92 Å². The van der Waals surface area contributed by atoms with Gasteiger partial charge in [0.05, 0.1) is 5.83 Å². The molecule has 0 fully saturated rings. The van der Waals surface area contributed by atoms with Gasteiger partial charge in [-0.3, -0.25) is 0 Å². The third-order valence-electron chi connectivity index (χ3n) is 2.18. The van der Waals surface area contributed by atoms with Gasteiger partial charge >= 0.3 is 0 Å². The Hall–Kier alpha value is -1.63. The number of fused-ring (bicyclic) bond motifs is 1. The first-order valence-electron chi connectivity index (χ1n) is 4.59. The van der Waals surface area contributed by atoms with Crippen molar-refractivity contribution < 1.29 is 4.39 Å². The van der Waals surface area contributed by atoms with Gasteiger partial charge in [-0.15, -0.1) is 0 Å². The maximum absolute atomic E-state index is 12.8. The fraction of sp³-hybridized carbons (Fsp3) is 0.0769. The molecule has 0 nitrogen and oxygen atoms in total. The van der Waals surface area contributed by atoms with E-state index < -0.39 is 0 Å². The fourth-order valence-electron chi connectivity index (χ4n) is 1.59. The summed E-state index contributed by atoms with van der Waals surface area (Å²) in [6, 6.07) is 13.9. The summed E-state index contributed by atoms with van der Waals surface area (Å²) in [5.74, 6) is -0.165. The summed E-state index contributed by atoms with van der Waals surface area (Å²) in [6.07, 6.45) is 1.56. The molecule has 0 bridgehead atoms. The maximum Gasteiger partial charge on any atom is 0.0974 e. The zero-order valence-electron chi connectivity index (χ0n) is 8.00. The molecule has 0 saturated heterocycles. The first kappa shape index (κ1) is 8.95. The topological polar surface area (TPSA) is 0 Å². The fourth-order valence-corrected chi connectivity index (χ4v) is 1.59. The van der Waals surface area contributed by atoms with E-state index in [0.717, 1.165) is 16.3 Å². The van der Waals surface area contributed by atoms with Crippen molar-refractivity contribution in [1.29, 1.82) is 0 Å². The number of allylic oxidation sites excluding steroid dienone is 1. The zero-order valence-corrected chi connectivity index (χ0v) is 8.00. The van der Waals surface area contributed by atoms with Crippen LogP contribution in [0.1, 0.15) is 12.5 Å². The minimum atomic E-state index is -0.165. The van der Waals surface area contributed by atoms with E-state index >= 15 is 0 Å². The van der Waals surface area contributed by atoms with Gasteiger partial charge in [-0.2, -0.15) is 0 Å². The molecule has 0 aliphatic heterocycles. The summed E-state index contributed by atoms with van der Waals surface area (Å²) in [4.78, 5) is 0. The molecule has 2 aromatic rings. The van der Waals surface area contributed by atoms with Crippen molar-refractivity contribution >= 4 is 16.8 Å². The van der Waals surface area contributed by atoms with Gasteiger partial charge < -0.3 is 0 Å². The van der Waals surface area contributed by atoms with Crippen LogP contribution in [0.15, 0.2) is 48.3 Å². The Morgan fingerprint density at radius 2 is 1.79 bits per heavy atom. The van der Waals surface area contributed by atoms with E-state index in [1.165, 1.54) is 6.92 Å². The Morgan fingerprint density at radius 1 is 1.07 bits per heavy atom. The molecule has 0 atom stereocenters. The monoisotopic (exact) mass is 186 g/mol. The smallest absolute Gasteiger partial charge is 0.0974 e. The first-order chi connectivity index (χ1) is 6.77. The Labute approximate surface area is 82.7 Å². The van der Waals surface area contributed by atoms with Crippen LogP contribution < -0.4 is 0 Å². The summed E-state index contributed by atoms with van der Waals surface area (Å²) in [6.45, 7) is 1.46. The molecule has 0 amide bonds. The quantitative estimate of drug-likeness (QED) is 0.627. The van der Waals surface area contributed by atoms with E-state index in [0.29, 0.717) is 0 Å². The van der Waals surface area contributed by atoms with Crippen molar-refractivity contribution in [3.8, 4) is 0 Å². The van der Waals surface area contributed by atoms with E-state index in [4.69, 9.17) is 0 Å². The highest BCUT2D eigenvalue weighted by Gasteiger charge is 1.97. The average molecular weight is 186 g/mol. The highest BCUT2D eigenvalue weighted by atomic mass is 19.1. The molecule has 0 aliphatic rings. The molecule has 1 heteroatoms. The lowest BCUT2D eigenvalue weighted by Gasteiger charge is -2.01. The molecule has 0 radical (unpaired) electrons. The maximum atomic E-state index is 12.8. The van der Waals surface area contributed by atoms with Crippen LogP contribution in [-0.4, -0.2) is 0 Å². The summed E-state index contributed by atoms with van der Waals surface area (Å²) in [5, 5.41) is 2.23. The molecular weight excluding hydrogens is 175 g/mol. The molecule has 0 spiro atoms. The lowest BCUT2D eigenvalue weighted by Crippen LogP contribution is -1.77. The molecule has 0 unspecified atom stereocenters. The standard InChI is InChI=1S/C13H11F/c1-10(14)9-12-7-4-6-11-5-2-3-8-13(11)12/h2-9H,1H3. The summed E-state index contributed by atoms with van der Waals surface area (Å²) in [5.41, 5.74) is 0.933. The summed E-state index contributed by atoms with van der Waals surface area (Å²) >= 11 is 0. The third kappa shape index (κ3) is 1.67. The van der Waals surface area contributed by atoms with Crippen LogP contribution >= 0.6 is 0 Å². The molecule has 2 aromatic carbocycles. The molecule has 0 N–H and O–H groups in total. The van der Waals surface area contributed by atoms with Crippen LogP contribution in [0.2, 0.25) is 0 Å². The van der Waals surface area contributed by atoms with Gasteiger partial charge in [-0.1, -0.05) is 42.5 Å². The summed E-state index contributed by atoms with van der Waals surface area (Å²) in [7, 11) is 0. The molecule has 14 heavy (non-hydrogen) atoms. The number of rotatable bonds is 1. The van der Waals surface area contributed by atoms with Crippen LogP contribution in [-0.2, 0) is 0 Å². The molecule has 0 heterocycles. The Kier molecular flexibility index (Phi) is 2.32. The predicted molar refractivity (Wildman–Crippen MR) is 58.7 cm³/mol. The van der Waals surface area contributed by atoms with E-state index in [1.807, 2.05) is 42.5 Å². The van der Waals surface area contributed by atoms with Gasteiger partial charge in [0, 0.05) is 0 Å². The Balaban J connectivity index is 2.71. The molecule has 0 aliphatic carbocycles. The second-order valence-corrected chi connectivity index (χ2v) is 3.30. The lowest BCUT2D eigenvalue weighted by atomic mass is 10.0. The van der Waals surface area contributed by atoms with Crippen LogP contribution in [0.25, 0.3) is 16.8 Å². The van der Waals surface area contributed by atoms with Crippen LogP contribution in [0.4, 0.5) is 4.39 Å². The number of halogens is 1. The highest BCUT2D eigenvalue weighted by Crippen LogP contribution is 2.20. The highest BCUT2D eigenvalue weighted by molar-refractivity contribution is 5.90. The minimum Gasteiger partial charge on any atom is -0.212 e. The van der Waals surface area contributed by atoms with Gasteiger partial charge in [0.15, 0.2) is 0 Å². The van der Waals surface area contributed by atoms with Gasteiger partial charge in [0.1, 0.15) is 0 Å².